The Morgan fingerprint density at radius 3 is 2.93 bits per heavy atom. The monoisotopic (exact) mass is 204 g/mol. The molecule has 1 aromatic carbocycles. The first-order valence-electron chi connectivity index (χ1n) is 5.82. The number of benzene rings is 1. The molecule has 2 rings (SSSR count). The summed E-state index contributed by atoms with van der Waals surface area (Å²) in [6.45, 7) is 5.21. The van der Waals surface area contributed by atoms with Gasteiger partial charge >= 0.3 is 0 Å². The first-order valence-corrected chi connectivity index (χ1v) is 5.82. The van der Waals surface area contributed by atoms with E-state index in [1.807, 2.05) is 0 Å². The van der Waals surface area contributed by atoms with E-state index < -0.39 is 0 Å². The average molecular weight is 204 g/mol. The van der Waals surface area contributed by atoms with Gasteiger partial charge in [-0.3, -0.25) is 0 Å². The highest BCUT2D eigenvalue weighted by Crippen LogP contribution is 2.29. The van der Waals surface area contributed by atoms with Crippen LogP contribution >= 0.6 is 0 Å². The van der Waals surface area contributed by atoms with Crippen molar-refractivity contribution in [3.05, 3.63) is 35.4 Å². The number of nitrogens with one attached hydrogen (secondary N) is 1. The standard InChI is InChI=1S/C13H20N2/c1-10(8-14)12-4-2-3-5-13(12)11-6-7-15-9-11/h2-5,10-11,15H,6-9,14H2,1H3. The molecule has 0 amide bonds. The Balaban J connectivity index is 2.28. The Morgan fingerprint density at radius 1 is 1.47 bits per heavy atom. The Morgan fingerprint density at radius 2 is 2.27 bits per heavy atom. The minimum absolute atomic E-state index is 0.474. The normalized spacial score (nSPS) is 22.9. The molecule has 2 atom stereocenters. The fraction of sp³-hybridized carbons (Fsp3) is 0.538. The highest BCUT2D eigenvalue weighted by molar-refractivity contribution is 5.34. The summed E-state index contributed by atoms with van der Waals surface area (Å²) in [5, 5.41) is 3.42. The van der Waals surface area contributed by atoms with Gasteiger partial charge in [0.2, 0.25) is 0 Å². The second-order valence-corrected chi connectivity index (χ2v) is 4.46. The summed E-state index contributed by atoms with van der Waals surface area (Å²) >= 11 is 0. The third-order valence-corrected chi connectivity index (χ3v) is 3.38. The van der Waals surface area contributed by atoms with Crippen molar-refractivity contribution in [2.75, 3.05) is 19.6 Å². The highest BCUT2D eigenvalue weighted by atomic mass is 14.9. The molecular formula is C13H20N2. The number of nitrogens with two attached hydrogens (primary N) is 1. The molecule has 0 spiro atoms. The molecule has 1 heterocycles. The lowest BCUT2D eigenvalue weighted by molar-refractivity contribution is 0.708. The van der Waals surface area contributed by atoms with E-state index >= 15 is 0 Å². The maximum atomic E-state index is 5.76. The largest absolute Gasteiger partial charge is 0.330 e. The van der Waals surface area contributed by atoms with Crippen LogP contribution in [0.1, 0.15) is 36.3 Å². The van der Waals surface area contributed by atoms with Crippen LogP contribution in [0.2, 0.25) is 0 Å². The molecular weight excluding hydrogens is 184 g/mol. The molecule has 1 aliphatic rings. The fourth-order valence-electron chi connectivity index (χ4n) is 2.38. The van der Waals surface area contributed by atoms with Crippen LogP contribution in [-0.4, -0.2) is 19.6 Å². The van der Waals surface area contributed by atoms with Gasteiger partial charge in [0.25, 0.3) is 0 Å². The van der Waals surface area contributed by atoms with Crippen molar-refractivity contribution in [3.63, 3.8) is 0 Å². The van der Waals surface area contributed by atoms with Crippen molar-refractivity contribution in [1.82, 2.24) is 5.32 Å². The van der Waals surface area contributed by atoms with Crippen LogP contribution in [0.5, 0.6) is 0 Å². The Bertz CT molecular complexity index is 316. The summed E-state index contributed by atoms with van der Waals surface area (Å²) in [4.78, 5) is 0. The van der Waals surface area contributed by atoms with Crippen molar-refractivity contribution >= 4 is 0 Å². The van der Waals surface area contributed by atoms with E-state index in [0.29, 0.717) is 11.8 Å². The quantitative estimate of drug-likeness (QED) is 0.788. The Kier molecular flexibility index (Phi) is 3.39. The van der Waals surface area contributed by atoms with Crippen LogP contribution in [0, 0.1) is 0 Å². The van der Waals surface area contributed by atoms with Crippen molar-refractivity contribution in [2.24, 2.45) is 5.73 Å². The van der Waals surface area contributed by atoms with Gasteiger partial charge in [0.1, 0.15) is 0 Å². The molecule has 2 unspecified atom stereocenters. The lowest BCUT2D eigenvalue weighted by Gasteiger charge is -2.18. The van der Waals surface area contributed by atoms with Gasteiger partial charge in [-0.05, 0) is 42.5 Å². The minimum Gasteiger partial charge on any atom is -0.330 e. The summed E-state index contributed by atoms with van der Waals surface area (Å²) in [5.41, 5.74) is 8.70. The summed E-state index contributed by atoms with van der Waals surface area (Å²) in [5.74, 6) is 1.16. The smallest absolute Gasteiger partial charge is 0.00207 e. The molecule has 82 valence electrons. The van der Waals surface area contributed by atoms with Gasteiger partial charge in [0, 0.05) is 6.54 Å². The number of hydrogen-bond donors (Lipinski definition) is 2. The predicted molar refractivity (Wildman–Crippen MR) is 64.1 cm³/mol. The lowest BCUT2D eigenvalue weighted by atomic mass is 9.88. The van der Waals surface area contributed by atoms with Crippen LogP contribution in [0.25, 0.3) is 0 Å². The molecule has 0 aliphatic carbocycles. The van der Waals surface area contributed by atoms with Gasteiger partial charge < -0.3 is 11.1 Å². The van der Waals surface area contributed by atoms with E-state index in [1.54, 1.807) is 0 Å². The third kappa shape index (κ3) is 2.21. The zero-order valence-electron chi connectivity index (χ0n) is 9.37. The van der Waals surface area contributed by atoms with E-state index in [2.05, 4.69) is 36.5 Å². The topological polar surface area (TPSA) is 38.0 Å². The second kappa shape index (κ2) is 4.77. The molecule has 3 N–H and O–H groups in total. The van der Waals surface area contributed by atoms with Crippen molar-refractivity contribution in [2.45, 2.75) is 25.2 Å². The van der Waals surface area contributed by atoms with E-state index in [9.17, 15) is 0 Å². The summed E-state index contributed by atoms with van der Waals surface area (Å²) < 4.78 is 0. The maximum Gasteiger partial charge on any atom is 0.00207 e. The van der Waals surface area contributed by atoms with Gasteiger partial charge in [-0.2, -0.15) is 0 Å². The number of hydrogen-bond acceptors (Lipinski definition) is 2. The van der Waals surface area contributed by atoms with Crippen molar-refractivity contribution in [3.8, 4) is 0 Å². The second-order valence-electron chi connectivity index (χ2n) is 4.46. The third-order valence-electron chi connectivity index (χ3n) is 3.38. The maximum absolute atomic E-state index is 5.76. The highest BCUT2D eigenvalue weighted by Gasteiger charge is 2.20. The summed E-state index contributed by atoms with van der Waals surface area (Å²) in [7, 11) is 0. The first kappa shape index (κ1) is 10.7. The van der Waals surface area contributed by atoms with Crippen LogP contribution in [-0.2, 0) is 0 Å². The molecule has 0 radical (unpaired) electrons. The van der Waals surface area contributed by atoms with E-state index in [4.69, 9.17) is 5.73 Å². The zero-order chi connectivity index (χ0) is 10.7. The van der Waals surface area contributed by atoms with Crippen LogP contribution in [0.4, 0.5) is 0 Å². The van der Waals surface area contributed by atoms with Gasteiger partial charge in [-0.15, -0.1) is 0 Å². The Hall–Kier alpha value is -0.860. The molecule has 1 fully saturated rings. The minimum atomic E-state index is 0.474. The van der Waals surface area contributed by atoms with Gasteiger partial charge in [-0.1, -0.05) is 31.2 Å². The lowest BCUT2D eigenvalue weighted by Crippen LogP contribution is -2.14. The summed E-state index contributed by atoms with van der Waals surface area (Å²) in [6.07, 6.45) is 1.26. The van der Waals surface area contributed by atoms with Crippen LogP contribution < -0.4 is 11.1 Å². The van der Waals surface area contributed by atoms with Crippen molar-refractivity contribution < 1.29 is 0 Å². The zero-order valence-corrected chi connectivity index (χ0v) is 9.37. The number of rotatable bonds is 3. The average Bonchev–Trinajstić information content (AvgIpc) is 2.81. The van der Waals surface area contributed by atoms with Gasteiger partial charge in [0.05, 0.1) is 0 Å². The van der Waals surface area contributed by atoms with E-state index in [-0.39, 0.29) is 0 Å². The molecule has 0 saturated carbocycles. The molecule has 0 bridgehead atoms. The first-order chi connectivity index (χ1) is 7.33. The molecule has 1 saturated heterocycles. The van der Waals surface area contributed by atoms with Crippen LogP contribution in [0.3, 0.4) is 0 Å². The summed E-state index contributed by atoms with van der Waals surface area (Å²) in [6, 6.07) is 8.75. The SMILES string of the molecule is CC(CN)c1ccccc1C1CCNC1. The molecule has 1 aliphatic heterocycles. The predicted octanol–water partition coefficient (Wildman–Crippen LogP) is 1.83. The molecule has 2 heteroatoms. The van der Waals surface area contributed by atoms with Gasteiger partial charge in [-0.25, -0.2) is 0 Å². The molecule has 15 heavy (non-hydrogen) atoms. The van der Waals surface area contributed by atoms with E-state index in [0.717, 1.165) is 19.6 Å². The van der Waals surface area contributed by atoms with Crippen LogP contribution in [0.15, 0.2) is 24.3 Å². The molecule has 1 aromatic rings. The molecule has 2 nitrogen and oxygen atoms in total. The molecule has 0 aromatic heterocycles. The van der Waals surface area contributed by atoms with Gasteiger partial charge in [0.15, 0.2) is 0 Å². The fourth-order valence-corrected chi connectivity index (χ4v) is 2.38. The van der Waals surface area contributed by atoms with E-state index in [1.165, 1.54) is 17.5 Å². The van der Waals surface area contributed by atoms with Crippen molar-refractivity contribution in [1.29, 1.82) is 0 Å². The Labute approximate surface area is 91.9 Å².